The van der Waals surface area contributed by atoms with Gasteiger partial charge in [0.05, 0.1) is 34.0 Å². The Morgan fingerprint density at radius 3 is 1.47 bits per heavy atom. The third-order valence-electron chi connectivity index (χ3n) is 6.74. The van der Waals surface area contributed by atoms with E-state index in [1.807, 2.05) is 72.8 Å². The van der Waals surface area contributed by atoms with Crippen molar-refractivity contribution in [1.82, 2.24) is 24.9 Å². The zero-order valence-corrected chi connectivity index (χ0v) is 29.2. The van der Waals surface area contributed by atoms with Crippen LogP contribution in [0.5, 0.6) is 0 Å². The molecule has 7 nitrogen and oxygen atoms in total. The van der Waals surface area contributed by atoms with Crippen LogP contribution in [0.15, 0.2) is 151 Å². The zero-order chi connectivity index (χ0) is 34.4. The second-order valence-electron chi connectivity index (χ2n) is 9.96. The normalized spacial score (nSPS) is 11.8. The van der Waals surface area contributed by atoms with Crippen molar-refractivity contribution in [3.05, 3.63) is 181 Å². The second-order valence-corrected chi connectivity index (χ2v) is 9.96. The van der Waals surface area contributed by atoms with Crippen LogP contribution < -0.4 is 10.3 Å². The van der Waals surface area contributed by atoms with Gasteiger partial charge in [0, 0.05) is 37.5 Å². The largest absolute Gasteiger partial charge is 1.00 e. The zero-order valence-electron chi connectivity index (χ0n) is 26.7. The van der Waals surface area contributed by atoms with Crippen LogP contribution in [0.2, 0.25) is 0 Å². The molecule has 0 unspecified atom stereocenters. The van der Waals surface area contributed by atoms with E-state index < -0.39 is 34.5 Å². The van der Waals surface area contributed by atoms with E-state index in [0.717, 1.165) is 22.8 Å². The molecule has 1 aliphatic rings. The fourth-order valence-electron chi connectivity index (χ4n) is 4.52. The van der Waals surface area contributed by atoms with Gasteiger partial charge >= 0.3 is 19.5 Å². The van der Waals surface area contributed by atoms with Crippen molar-refractivity contribution in [2.24, 2.45) is 4.99 Å². The van der Waals surface area contributed by atoms with Crippen LogP contribution in [0.3, 0.4) is 0 Å². The average Bonchev–Trinajstić information content (AvgIpc) is 3.91. The van der Waals surface area contributed by atoms with Crippen molar-refractivity contribution in [1.29, 1.82) is 0 Å². The van der Waals surface area contributed by atoms with E-state index in [4.69, 9.17) is 0 Å². The summed E-state index contributed by atoms with van der Waals surface area (Å²) in [4.78, 5) is 24.7. The third kappa shape index (κ3) is 10.2. The molecule has 7 rings (SSSR count). The van der Waals surface area contributed by atoms with Crippen LogP contribution in [0.25, 0.3) is 28.3 Å². The molecule has 0 aliphatic carbocycles. The minimum absolute atomic E-state index is 0. The van der Waals surface area contributed by atoms with Crippen LogP contribution in [-0.2, 0) is 19.5 Å². The van der Waals surface area contributed by atoms with Gasteiger partial charge in [0.15, 0.2) is 23.3 Å². The van der Waals surface area contributed by atoms with Gasteiger partial charge in [-0.3, -0.25) is 24.9 Å². The Kier molecular flexibility index (Phi) is 15.8. The van der Waals surface area contributed by atoms with E-state index in [1.54, 1.807) is 36.9 Å². The molecule has 259 valence electrons. The number of hydrogen-bond acceptors (Lipinski definition) is 6. The molecule has 6 heterocycles. The van der Waals surface area contributed by atoms with E-state index in [9.17, 15) is 17.6 Å². The van der Waals surface area contributed by atoms with Crippen LogP contribution in [-0.4, -0.2) is 32.7 Å². The number of allylic oxidation sites excluding steroid dienone is 2. The van der Waals surface area contributed by atoms with Crippen LogP contribution in [0, 0.1) is 23.3 Å². The van der Waals surface area contributed by atoms with Crippen molar-refractivity contribution in [3.63, 3.8) is 0 Å². The van der Waals surface area contributed by atoms with Crippen LogP contribution in [0.1, 0.15) is 11.3 Å². The van der Waals surface area contributed by atoms with Crippen LogP contribution in [0.4, 0.5) is 23.2 Å². The number of hydrogen-bond donors (Lipinski definition) is 1. The maximum Gasteiger partial charge on any atom is 1.00 e. The van der Waals surface area contributed by atoms with Gasteiger partial charge in [0.2, 0.25) is 0 Å². The quantitative estimate of drug-likeness (QED) is 0.0752. The number of pyridine rings is 4. The summed E-state index contributed by atoms with van der Waals surface area (Å²) < 4.78 is 58.0. The average molecular weight is 796 g/mol. The standard InChI is InChI=1S/C18H12F4N3.2C10H8N2.ClH.Ru/c1-2-7-25-18-16(21)14(19)13(15(20)17(18)22)12(10-5-3-8-23-10)11-6-4-9-24-11;2*1-3-7-11-9(5-1)10-6-2-4-8-12-10;;/h2-6,8-9,25H,1,7H2;2*1-8H;1H;/q-1;;;;+1. The maximum absolute atomic E-state index is 14.6. The molecule has 6 aromatic rings. The first kappa shape index (κ1) is 39.9. The van der Waals surface area contributed by atoms with Crippen LogP contribution >= 0.6 is 12.4 Å². The Labute approximate surface area is 311 Å². The third-order valence-corrected chi connectivity index (χ3v) is 6.74. The number of halogens is 5. The van der Waals surface area contributed by atoms with Gasteiger partial charge in [-0.2, -0.15) is 6.20 Å². The van der Waals surface area contributed by atoms with Gasteiger partial charge in [-0.1, -0.05) is 42.5 Å². The predicted octanol–water partition coefficient (Wildman–Crippen LogP) is 8.90. The Balaban J connectivity index is 0.000000226. The van der Waals surface area contributed by atoms with Gasteiger partial charge in [-0.05, 0) is 66.3 Å². The van der Waals surface area contributed by atoms with E-state index in [2.05, 4.69) is 41.8 Å². The first-order valence-electron chi connectivity index (χ1n) is 14.9. The number of nitrogens with zero attached hydrogens (tertiary/aromatic N) is 6. The molecule has 5 aromatic heterocycles. The molecule has 0 saturated heterocycles. The summed E-state index contributed by atoms with van der Waals surface area (Å²) >= 11 is 0. The first-order valence-corrected chi connectivity index (χ1v) is 14.9. The summed E-state index contributed by atoms with van der Waals surface area (Å²) in [5, 5.41) is 2.26. The Morgan fingerprint density at radius 2 is 1.14 bits per heavy atom. The number of aliphatic imine (C=N–C) groups is 1. The topological polar surface area (TPSA) is 90.1 Å². The summed E-state index contributed by atoms with van der Waals surface area (Å²) in [7, 11) is 0. The van der Waals surface area contributed by atoms with Crippen molar-refractivity contribution in [2.45, 2.75) is 0 Å². The molecule has 51 heavy (non-hydrogen) atoms. The van der Waals surface area contributed by atoms with Crippen molar-refractivity contribution >= 4 is 29.9 Å². The van der Waals surface area contributed by atoms with E-state index in [1.165, 1.54) is 30.6 Å². The molecular formula is C38H29ClF4N7Ru. The summed E-state index contributed by atoms with van der Waals surface area (Å²) in [6.07, 6.45) is 14.2. The fraction of sp³-hybridized carbons (Fsp3) is 0.0263. The number of rotatable bonds is 7. The molecule has 0 atom stereocenters. The molecule has 0 bridgehead atoms. The van der Waals surface area contributed by atoms with Gasteiger partial charge < -0.3 is 10.3 Å². The van der Waals surface area contributed by atoms with Crippen molar-refractivity contribution < 1.29 is 37.0 Å². The number of benzene rings is 1. The Hall–Kier alpha value is -5.58. The number of aromatic nitrogens is 5. The smallest absolute Gasteiger partial charge is 0.664 e. The van der Waals surface area contributed by atoms with E-state index >= 15 is 0 Å². The SMILES string of the molecule is C=CCNc1c(F)c(F)c(C(=C2C=CC=N2)c2ccc[n-]2)c(F)c1F.Cl.[Ru+].c1ccc(-c2ccccn2)nc1.c1ccc(-c2ccccn2)nc1. The molecule has 1 aliphatic heterocycles. The number of anilines is 1. The molecule has 13 heteroatoms. The second kappa shape index (κ2) is 20.2. The Bertz CT molecular complexity index is 1870. The van der Waals surface area contributed by atoms with Gasteiger partial charge in [0.1, 0.15) is 5.69 Å². The summed E-state index contributed by atoms with van der Waals surface area (Å²) in [6, 6.07) is 26.2. The predicted molar refractivity (Wildman–Crippen MR) is 191 cm³/mol. The van der Waals surface area contributed by atoms with E-state index in [0.29, 0.717) is 0 Å². The maximum atomic E-state index is 14.6. The molecule has 0 amide bonds. The molecule has 1 aromatic carbocycles. The van der Waals surface area contributed by atoms with Crippen molar-refractivity contribution in [3.8, 4) is 22.8 Å². The minimum Gasteiger partial charge on any atom is -0.664 e. The summed E-state index contributed by atoms with van der Waals surface area (Å²) in [5.74, 6) is -6.09. The molecular weight excluding hydrogens is 767 g/mol. The number of nitrogens with one attached hydrogen (secondary N) is 1. The minimum atomic E-state index is -1.52. The summed E-state index contributed by atoms with van der Waals surface area (Å²) in [6.45, 7) is 3.32. The monoisotopic (exact) mass is 796 g/mol. The molecule has 0 saturated carbocycles. The molecule has 1 radical (unpaired) electrons. The molecule has 1 N–H and O–H groups in total. The fourth-order valence-corrected chi connectivity index (χ4v) is 4.52. The molecule has 0 spiro atoms. The van der Waals surface area contributed by atoms with Gasteiger partial charge in [-0.25, -0.2) is 17.6 Å². The van der Waals surface area contributed by atoms with Crippen molar-refractivity contribution in [2.75, 3.05) is 11.9 Å². The summed E-state index contributed by atoms with van der Waals surface area (Å²) in [5.41, 5.74) is 2.11. The first-order chi connectivity index (χ1) is 24.0. The Morgan fingerprint density at radius 1 is 0.667 bits per heavy atom. The van der Waals surface area contributed by atoms with Gasteiger partial charge in [0.25, 0.3) is 0 Å². The van der Waals surface area contributed by atoms with Gasteiger partial charge in [-0.15, -0.1) is 24.7 Å². The van der Waals surface area contributed by atoms with E-state index in [-0.39, 0.29) is 55.4 Å². The molecule has 0 fully saturated rings.